The van der Waals surface area contributed by atoms with Crippen LogP contribution in [0, 0.1) is 13.8 Å². The van der Waals surface area contributed by atoms with E-state index in [1.807, 2.05) is 0 Å². The minimum Gasteiger partial charge on any atom is -0.329 e. The molecule has 0 spiro atoms. The molecule has 0 radical (unpaired) electrons. The van der Waals surface area contributed by atoms with Gasteiger partial charge in [-0.25, -0.2) is 18.1 Å². The zero-order valence-corrected chi connectivity index (χ0v) is 11.9. The number of nitrogens with one attached hydrogen (secondary N) is 1. The van der Waals surface area contributed by atoms with Gasteiger partial charge in [-0.05, 0) is 13.8 Å². The Balaban J connectivity index is 2.23. The minimum atomic E-state index is -3.78. The molecule has 0 atom stereocenters. The third kappa shape index (κ3) is 3.08. The van der Waals surface area contributed by atoms with E-state index in [4.69, 9.17) is 5.73 Å². The molecule has 9 nitrogen and oxygen atoms in total. The number of nitrogens with zero attached hydrogens (tertiary/aromatic N) is 5. The summed E-state index contributed by atoms with van der Waals surface area (Å²) in [7, 11) is -3.78. The first-order valence-corrected chi connectivity index (χ1v) is 7.34. The molecule has 2 rings (SSSR count). The average Bonchev–Trinajstić information content (AvgIpc) is 2.83. The number of hydrogen-bond donors (Lipinski definition) is 2. The summed E-state index contributed by atoms with van der Waals surface area (Å²) in [6, 6.07) is 0. The maximum atomic E-state index is 12.1. The van der Waals surface area contributed by atoms with Crippen molar-refractivity contribution in [2.75, 3.05) is 11.3 Å². The molecule has 0 aromatic carbocycles. The Bertz CT molecular complexity index is 710. The molecule has 2 aromatic rings. The lowest BCUT2D eigenvalue weighted by atomic mass is 10.4. The third-order valence-corrected chi connectivity index (χ3v) is 3.88. The lowest BCUT2D eigenvalue weighted by molar-refractivity contribution is 0.599. The summed E-state index contributed by atoms with van der Waals surface area (Å²) in [4.78, 5) is 4.04. The van der Waals surface area contributed by atoms with Crippen LogP contribution in [0.3, 0.4) is 0 Å². The second kappa shape index (κ2) is 5.51. The second-order valence-electron chi connectivity index (χ2n) is 4.14. The van der Waals surface area contributed by atoms with Crippen molar-refractivity contribution in [3.63, 3.8) is 0 Å². The van der Waals surface area contributed by atoms with Crippen molar-refractivity contribution in [2.45, 2.75) is 25.3 Å². The van der Waals surface area contributed by atoms with Crippen LogP contribution in [0.5, 0.6) is 0 Å². The fraction of sp³-hybridized carbons (Fsp3) is 0.400. The molecule has 108 valence electrons. The van der Waals surface area contributed by atoms with Crippen molar-refractivity contribution >= 4 is 16.0 Å². The van der Waals surface area contributed by atoms with E-state index in [1.54, 1.807) is 13.8 Å². The van der Waals surface area contributed by atoms with Crippen LogP contribution < -0.4 is 10.5 Å². The Labute approximate surface area is 116 Å². The van der Waals surface area contributed by atoms with Crippen LogP contribution >= 0.6 is 0 Å². The molecule has 0 bridgehead atoms. The number of nitrogens with two attached hydrogens (primary N) is 1. The number of anilines is 1. The molecule has 2 aromatic heterocycles. The molecule has 0 fully saturated rings. The van der Waals surface area contributed by atoms with E-state index in [0.29, 0.717) is 24.5 Å². The third-order valence-electron chi connectivity index (χ3n) is 2.60. The van der Waals surface area contributed by atoms with Crippen molar-refractivity contribution in [1.82, 2.24) is 25.0 Å². The Morgan fingerprint density at radius 3 is 2.70 bits per heavy atom. The number of aromatic nitrogens is 5. The van der Waals surface area contributed by atoms with Gasteiger partial charge in [-0.3, -0.25) is 4.68 Å². The molecule has 0 aliphatic rings. The Morgan fingerprint density at radius 1 is 1.30 bits per heavy atom. The second-order valence-corrected chi connectivity index (χ2v) is 5.82. The highest BCUT2D eigenvalue weighted by Crippen LogP contribution is 2.12. The van der Waals surface area contributed by atoms with Gasteiger partial charge in [0.25, 0.3) is 16.0 Å². The number of rotatable bonds is 5. The van der Waals surface area contributed by atoms with Crippen molar-refractivity contribution in [3.8, 4) is 0 Å². The smallest absolute Gasteiger partial charge is 0.267 e. The maximum Gasteiger partial charge on any atom is 0.267 e. The van der Waals surface area contributed by atoms with Gasteiger partial charge in [0.15, 0.2) is 0 Å². The van der Waals surface area contributed by atoms with Gasteiger partial charge in [-0.1, -0.05) is 0 Å². The van der Waals surface area contributed by atoms with Gasteiger partial charge in [0.05, 0.1) is 24.1 Å². The van der Waals surface area contributed by atoms with Crippen LogP contribution in [0.1, 0.15) is 11.4 Å². The van der Waals surface area contributed by atoms with Crippen molar-refractivity contribution in [3.05, 3.63) is 23.8 Å². The topological polar surface area (TPSA) is 129 Å². The quantitative estimate of drug-likeness (QED) is 0.757. The number of sulfonamides is 1. The van der Waals surface area contributed by atoms with Crippen LogP contribution in [-0.2, 0) is 16.6 Å². The van der Waals surface area contributed by atoms with Gasteiger partial charge in [0.2, 0.25) is 0 Å². The van der Waals surface area contributed by atoms with Gasteiger partial charge in [0, 0.05) is 12.7 Å². The molecule has 0 amide bonds. The highest BCUT2D eigenvalue weighted by Gasteiger charge is 2.18. The molecule has 0 unspecified atom stereocenters. The normalized spacial score (nSPS) is 11.6. The molecule has 3 N–H and O–H groups in total. The number of aryl methyl sites for hydroxylation is 2. The van der Waals surface area contributed by atoms with Gasteiger partial charge in [0.1, 0.15) is 4.90 Å². The summed E-state index contributed by atoms with van der Waals surface area (Å²) >= 11 is 0. The first-order valence-electron chi connectivity index (χ1n) is 5.85. The first kappa shape index (κ1) is 14.3. The van der Waals surface area contributed by atoms with E-state index in [-0.39, 0.29) is 10.8 Å². The van der Waals surface area contributed by atoms with Gasteiger partial charge in [-0.2, -0.15) is 10.2 Å². The van der Waals surface area contributed by atoms with E-state index in [0.717, 1.165) is 0 Å². The van der Waals surface area contributed by atoms with Crippen LogP contribution in [0.2, 0.25) is 0 Å². The molecule has 0 saturated heterocycles. The first-order chi connectivity index (χ1) is 9.42. The largest absolute Gasteiger partial charge is 0.329 e. The molecule has 0 aliphatic carbocycles. The Morgan fingerprint density at radius 2 is 2.05 bits per heavy atom. The summed E-state index contributed by atoms with van der Waals surface area (Å²) in [6.07, 6.45) is 2.64. The summed E-state index contributed by atoms with van der Waals surface area (Å²) in [6.45, 7) is 4.28. The average molecular weight is 297 g/mol. The van der Waals surface area contributed by atoms with E-state index in [9.17, 15) is 8.42 Å². The van der Waals surface area contributed by atoms with Crippen molar-refractivity contribution in [1.29, 1.82) is 0 Å². The molecule has 20 heavy (non-hydrogen) atoms. The van der Waals surface area contributed by atoms with Crippen molar-refractivity contribution < 1.29 is 8.42 Å². The lowest BCUT2D eigenvalue weighted by Crippen LogP contribution is -2.16. The molecule has 0 saturated carbocycles. The fourth-order valence-corrected chi connectivity index (χ4v) is 2.31. The van der Waals surface area contributed by atoms with Gasteiger partial charge < -0.3 is 5.73 Å². The minimum absolute atomic E-state index is 0.0211. The summed E-state index contributed by atoms with van der Waals surface area (Å²) < 4.78 is 27.9. The summed E-state index contributed by atoms with van der Waals surface area (Å²) in [5.41, 5.74) is 6.63. The van der Waals surface area contributed by atoms with Crippen LogP contribution in [-0.4, -0.2) is 39.9 Å². The fourth-order valence-electron chi connectivity index (χ4n) is 1.42. The highest BCUT2D eigenvalue weighted by molar-refractivity contribution is 7.92. The Hall–Kier alpha value is -2.07. The van der Waals surface area contributed by atoms with Gasteiger partial charge in [-0.15, -0.1) is 5.10 Å². The monoisotopic (exact) mass is 297 g/mol. The Kier molecular flexibility index (Phi) is 3.95. The van der Waals surface area contributed by atoms with E-state index >= 15 is 0 Å². The predicted octanol–water partition coefficient (Wildman–Crippen LogP) is -0.556. The van der Waals surface area contributed by atoms with Crippen LogP contribution in [0.4, 0.5) is 5.95 Å². The standard InChI is InChI=1S/C10H15N7O2S/c1-7-8(2)14-15-10(13-7)16-20(18,19)9-5-12-17(6-9)4-3-11/h5-6H,3-4,11H2,1-2H3,(H,13,15,16). The zero-order valence-electron chi connectivity index (χ0n) is 11.1. The maximum absolute atomic E-state index is 12.1. The van der Waals surface area contributed by atoms with Crippen molar-refractivity contribution in [2.24, 2.45) is 5.73 Å². The highest BCUT2D eigenvalue weighted by atomic mass is 32.2. The zero-order chi connectivity index (χ0) is 14.8. The van der Waals surface area contributed by atoms with E-state index in [1.165, 1.54) is 17.1 Å². The number of hydrogen-bond acceptors (Lipinski definition) is 7. The molecule has 10 heteroatoms. The molecular formula is C10H15N7O2S. The van der Waals surface area contributed by atoms with Crippen LogP contribution in [0.25, 0.3) is 0 Å². The SMILES string of the molecule is Cc1nnc(NS(=O)(=O)c2cnn(CCN)c2)nc1C. The van der Waals surface area contributed by atoms with E-state index < -0.39 is 10.0 Å². The van der Waals surface area contributed by atoms with Gasteiger partial charge >= 0.3 is 0 Å². The van der Waals surface area contributed by atoms with Crippen LogP contribution in [0.15, 0.2) is 17.3 Å². The molecule has 2 heterocycles. The predicted molar refractivity (Wildman–Crippen MR) is 71.4 cm³/mol. The van der Waals surface area contributed by atoms with E-state index in [2.05, 4.69) is 25.0 Å². The summed E-state index contributed by atoms with van der Waals surface area (Å²) in [5, 5.41) is 11.4. The molecule has 0 aliphatic heterocycles. The lowest BCUT2D eigenvalue weighted by Gasteiger charge is -2.05. The summed E-state index contributed by atoms with van der Waals surface area (Å²) in [5.74, 6) is -0.0697. The molecular weight excluding hydrogens is 282 g/mol.